The van der Waals surface area contributed by atoms with Crippen LogP contribution < -0.4 is 0 Å². The van der Waals surface area contributed by atoms with E-state index in [4.69, 9.17) is 4.74 Å². The Morgan fingerprint density at radius 2 is 1.95 bits per heavy atom. The number of methoxy groups -OCH3 is 1. The molecule has 1 unspecified atom stereocenters. The zero-order chi connectivity index (χ0) is 15.8. The van der Waals surface area contributed by atoms with Gasteiger partial charge in [0.2, 0.25) is 0 Å². The van der Waals surface area contributed by atoms with Crippen LogP contribution in [-0.2, 0) is 20.7 Å². The van der Waals surface area contributed by atoms with Crippen LogP contribution in [0.1, 0.15) is 18.4 Å². The molecule has 0 aliphatic rings. The van der Waals surface area contributed by atoms with Gasteiger partial charge in [0, 0.05) is 11.7 Å². The lowest BCUT2D eigenvalue weighted by Crippen LogP contribution is -2.13. The van der Waals surface area contributed by atoms with Crippen LogP contribution in [0.5, 0.6) is 0 Å². The highest BCUT2D eigenvalue weighted by Gasteiger charge is 2.08. The molecule has 0 aliphatic carbocycles. The Balaban J connectivity index is 1.75. The first kappa shape index (κ1) is 16.8. The monoisotopic (exact) mass is 318 g/mol. The molecule has 4 heteroatoms. The SMILES string of the molecule is COC(=O)CCC(S)COCCc1cccc2ccccc12. The summed E-state index contributed by atoms with van der Waals surface area (Å²) in [5, 5.41) is 2.60. The van der Waals surface area contributed by atoms with Gasteiger partial charge in [-0.2, -0.15) is 12.6 Å². The fraction of sp³-hybridized carbons (Fsp3) is 0.389. The van der Waals surface area contributed by atoms with E-state index in [1.807, 2.05) is 0 Å². The van der Waals surface area contributed by atoms with E-state index in [1.54, 1.807) is 0 Å². The molecule has 2 rings (SSSR count). The predicted molar refractivity (Wildman–Crippen MR) is 92.5 cm³/mol. The summed E-state index contributed by atoms with van der Waals surface area (Å²) < 4.78 is 10.3. The van der Waals surface area contributed by atoms with Gasteiger partial charge in [-0.1, -0.05) is 42.5 Å². The number of fused-ring (bicyclic) bond motifs is 1. The van der Waals surface area contributed by atoms with Crippen LogP contribution in [0, 0.1) is 0 Å². The number of hydrogen-bond donors (Lipinski definition) is 1. The van der Waals surface area contributed by atoms with Crippen molar-refractivity contribution in [2.45, 2.75) is 24.5 Å². The van der Waals surface area contributed by atoms with Crippen molar-refractivity contribution in [1.82, 2.24) is 0 Å². The predicted octanol–water partition coefficient (Wildman–Crippen LogP) is 3.65. The Kier molecular flexibility index (Phi) is 6.74. The number of thiol groups is 1. The topological polar surface area (TPSA) is 35.5 Å². The van der Waals surface area contributed by atoms with Gasteiger partial charge in [0.15, 0.2) is 0 Å². The first-order valence-electron chi connectivity index (χ1n) is 7.50. The molecule has 118 valence electrons. The molecule has 2 aromatic rings. The number of esters is 1. The molecule has 0 fully saturated rings. The van der Waals surface area contributed by atoms with Crippen LogP contribution >= 0.6 is 12.6 Å². The minimum absolute atomic E-state index is 0.0617. The normalized spacial score (nSPS) is 12.3. The van der Waals surface area contributed by atoms with Crippen LogP contribution in [0.2, 0.25) is 0 Å². The molecular formula is C18H22O3S. The molecule has 0 radical (unpaired) electrons. The second-order valence-electron chi connectivity index (χ2n) is 5.23. The Bertz CT molecular complexity index is 607. The van der Waals surface area contributed by atoms with Gasteiger partial charge < -0.3 is 9.47 Å². The fourth-order valence-corrected chi connectivity index (χ4v) is 2.62. The standard InChI is InChI=1S/C18H22O3S/c1-20-18(19)10-9-16(22)13-21-12-11-15-7-4-6-14-5-2-3-8-17(14)15/h2-8,16,22H,9-13H2,1H3. The minimum Gasteiger partial charge on any atom is -0.469 e. The lowest BCUT2D eigenvalue weighted by atomic mass is 10.0. The number of rotatable bonds is 8. The number of carbonyl (C=O) groups excluding carboxylic acids is 1. The van der Waals surface area contributed by atoms with Crippen LogP contribution in [0.25, 0.3) is 10.8 Å². The van der Waals surface area contributed by atoms with E-state index in [1.165, 1.54) is 23.4 Å². The Morgan fingerprint density at radius 1 is 1.18 bits per heavy atom. The minimum atomic E-state index is -0.199. The zero-order valence-corrected chi connectivity index (χ0v) is 13.7. The van der Waals surface area contributed by atoms with Crippen LogP contribution in [0.15, 0.2) is 42.5 Å². The smallest absolute Gasteiger partial charge is 0.305 e. The third-order valence-corrected chi connectivity index (χ3v) is 4.02. The van der Waals surface area contributed by atoms with Crippen molar-refractivity contribution < 1.29 is 14.3 Å². The van der Waals surface area contributed by atoms with Gasteiger partial charge >= 0.3 is 5.97 Å². The zero-order valence-electron chi connectivity index (χ0n) is 12.8. The lowest BCUT2D eigenvalue weighted by molar-refractivity contribution is -0.140. The van der Waals surface area contributed by atoms with Gasteiger partial charge in [-0.15, -0.1) is 0 Å². The summed E-state index contributed by atoms with van der Waals surface area (Å²) in [6.07, 6.45) is 1.93. The molecule has 0 heterocycles. The highest BCUT2D eigenvalue weighted by molar-refractivity contribution is 7.81. The molecule has 3 nitrogen and oxygen atoms in total. The van der Waals surface area contributed by atoms with E-state index >= 15 is 0 Å². The van der Waals surface area contributed by atoms with Crippen LogP contribution in [0.4, 0.5) is 0 Å². The van der Waals surface area contributed by atoms with Gasteiger partial charge in [-0.25, -0.2) is 0 Å². The Morgan fingerprint density at radius 3 is 2.77 bits per heavy atom. The molecule has 0 amide bonds. The highest BCUT2D eigenvalue weighted by Crippen LogP contribution is 2.19. The van der Waals surface area contributed by atoms with E-state index in [2.05, 4.69) is 59.8 Å². The molecule has 0 saturated carbocycles. The maximum absolute atomic E-state index is 11.1. The van der Waals surface area contributed by atoms with E-state index in [9.17, 15) is 4.79 Å². The van der Waals surface area contributed by atoms with E-state index in [0.29, 0.717) is 26.1 Å². The van der Waals surface area contributed by atoms with Crippen molar-refractivity contribution >= 4 is 29.4 Å². The van der Waals surface area contributed by atoms with Gasteiger partial charge in [-0.3, -0.25) is 4.79 Å². The first-order valence-corrected chi connectivity index (χ1v) is 8.01. The second kappa shape index (κ2) is 8.81. The van der Waals surface area contributed by atoms with Gasteiger partial charge in [-0.05, 0) is 29.2 Å². The van der Waals surface area contributed by atoms with Crippen LogP contribution in [-0.4, -0.2) is 31.5 Å². The van der Waals surface area contributed by atoms with Gasteiger partial charge in [0.05, 0.1) is 20.3 Å². The summed E-state index contributed by atoms with van der Waals surface area (Å²) in [7, 11) is 1.40. The lowest BCUT2D eigenvalue weighted by Gasteiger charge is -2.11. The quantitative estimate of drug-likeness (QED) is 0.458. The molecule has 0 N–H and O–H groups in total. The first-order chi connectivity index (χ1) is 10.7. The molecule has 1 atom stereocenters. The molecule has 0 spiro atoms. The average molecular weight is 318 g/mol. The van der Waals surface area contributed by atoms with Crippen molar-refractivity contribution in [3.05, 3.63) is 48.0 Å². The van der Waals surface area contributed by atoms with Crippen LogP contribution in [0.3, 0.4) is 0 Å². The summed E-state index contributed by atoms with van der Waals surface area (Å²) in [5.41, 5.74) is 1.29. The summed E-state index contributed by atoms with van der Waals surface area (Å²) in [4.78, 5) is 11.1. The van der Waals surface area contributed by atoms with Crippen molar-refractivity contribution in [3.63, 3.8) is 0 Å². The molecular weight excluding hydrogens is 296 g/mol. The highest BCUT2D eigenvalue weighted by atomic mass is 32.1. The van der Waals surface area contributed by atoms with Gasteiger partial charge in [0.25, 0.3) is 0 Å². The second-order valence-corrected chi connectivity index (χ2v) is 5.96. The van der Waals surface area contributed by atoms with E-state index in [0.717, 1.165) is 6.42 Å². The number of benzene rings is 2. The van der Waals surface area contributed by atoms with Crippen molar-refractivity contribution in [2.24, 2.45) is 0 Å². The molecule has 0 bridgehead atoms. The summed E-state index contributed by atoms with van der Waals surface area (Å²) in [6, 6.07) is 14.7. The van der Waals surface area contributed by atoms with E-state index in [-0.39, 0.29) is 11.2 Å². The molecule has 2 aromatic carbocycles. The Hall–Kier alpha value is -1.52. The summed E-state index contributed by atoms with van der Waals surface area (Å²) in [6.45, 7) is 1.20. The number of ether oxygens (including phenoxy) is 2. The average Bonchev–Trinajstić information content (AvgIpc) is 2.56. The Labute approximate surface area is 137 Å². The summed E-state index contributed by atoms with van der Waals surface area (Å²) in [5.74, 6) is -0.199. The molecule has 0 saturated heterocycles. The third-order valence-electron chi connectivity index (χ3n) is 3.62. The molecule has 0 aliphatic heterocycles. The summed E-state index contributed by atoms with van der Waals surface area (Å²) >= 11 is 4.43. The van der Waals surface area contributed by atoms with Crippen molar-refractivity contribution in [1.29, 1.82) is 0 Å². The number of carbonyl (C=O) groups is 1. The largest absolute Gasteiger partial charge is 0.469 e. The molecule has 22 heavy (non-hydrogen) atoms. The van der Waals surface area contributed by atoms with Crippen molar-refractivity contribution in [2.75, 3.05) is 20.3 Å². The maximum atomic E-state index is 11.1. The molecule has 0 aromatic heterocycles. The third kappa shape index (κ3) is 5.04. The van der Waals surface area contributed by atoms with E-state index < -0.39 is 0 Å². The van der Waals surface area contributed by atoms with Crippen molar-refractivity contribution in [3.8, 4) is 0 Å². The van der Waals surface area contributed by atoms with Gasteiger partial charge in [0.1, 0.15) is 0 Å². The number of hydrogen-bond acceptors (Lipinski definition) is 4. The maximum Gasteiger partial charge on any atom is 0.305 e. The fourth-order valence-electron chi connectivity index (χ4n) is 2.38.